The van der Waals surface area contributed by atoms with Gasteiger partial charge in [0.25, 0.3) is 0 Å². The number of carbonyl (C=O) groups is 2. The number of hydrogen-bond acceptors (Lipinski definition) is 4. The number of anilines is 1. The molecule has 0 aromatic heterocycles. The molecule has 0 radical (unpaired) electrons. The minimum Gasteiger partial charge on any atom is -0.497 e. The number of fused-ring (bicyclic) bond motifs is 1. The summed E-state index contributed by atoms with van der Waals surface area (Å²) in [5, 5.41) is 12.6. The van der Waals surface area contributed by atoms with Crippen molar-refractivity contribution in [3.63, 3.8) is 0 Å². The largest absolute Gasteiger partial charge is 0.497 e. The molecule has 8 heteroatoms. The molecule has 2 aliphatic heterocycles. The van der Waals surface area contributed by atoms with Crippen molar-refractivity contribution in [3.8, 4) is 17.6 Å². The first-order valence-corrected chi connectivity index (χ1v) is 12.0. The van der Waals surface area contributed by atoms with Crippen LogP contribution in [0.25, 0.3) is 0 Å². The van der Waals surface area contributed by atoms with E-state index in [0.717, 1.165) is 22.4 Å². The summed E-state index contributed by atoms with van der Waals surface area (Å²) < 4.78 is 19.2. The smallest absolute Gasteiger partial charge is 0.322 e. The van der Waals surface area contributed by atoms with Crippen molar-refractivity contribution in [1.82, 2.24) is 9.80 Å². The summed E-state index contributed by atoms with van der Waals surface area (Å²) in [6, 6.07) is 20.0. The topological polar surface area (TPSA) is 82.1 Å². The van der Waals surface area contributed by atoms with Crippen molar-refractivity contribution >= 4 is 17.6 Å². The molecule has 0 saturated carbocycles. The molecule has 2 N–H and O–H groups in total. The zero-order valence-electron chi connectivity index (χ0n) is 20.2. The number of halogens is 1. The number of aliphatic hydroxyl groups excluding tert-OH is 1. The molecule has 2 aliphatic rings. The second kappa shape index (κ2) is 10.3. The molecule has 0 aliphatic carbocycles. The third kappa shape index (κ3) is 4.86. The lowest BCUT2D eigenvalue weighted by Crippen LogP contribution is -2.73. The average Bonchev–Trinajstić information content (AvgIpc) is 2.91. The van der Waals surface area contributed by atoms with E-state index >= 15 is 0 Å². The zero-order chi connectivity index (χ0) is 25.9. The van der Waals surface area contributed by atoms with Crippen LogP contribution in [0, 0.1) is 17.7 Å². The van der Waals surface area contributed by atoms with Gasteiger partial charge < -0.3 is 25.0 Å². The molecule has 2 heterocycles. The van der Waals surface area contributed by atoms with Crippen LogP contribution in [-0.4, -0.2) is 65.7 Å². The Morgan fingerprint density at radius 3 is 2.32 bits per heavy atom. The Bertz CT molecular complexity index is 1360. The third-order valence-electron chi connectivity index (χ3n) is 6.89. The average molecular weight is 500 g/mol. The molecule has 5 rings (SSSR count). The quantitative estimate of drug-likeness (QED) is 0.539. The van der Waals surface area contributed by atoms with Gasteiger partial charge in [-0.05, 0) is 54.1 Å². The monoisotopic (exact) mass is 499 g/mol. The van der Waals surface area contributed by atoms with Crippen molar-refractivity contribution in [2.75, 3.05) is 32.1 Å². The number of para-hydroxylation sites is 1. The van der Waals surface area contributed by atoms with E-state index < -0.39 is 11.8 Å². The normalized spacial score (nSPS) is 20.3. The van der Waals surface area contributed by atoms with Crippen molar-refractivity contribution in [3.05, 3.63) is 95.3 Å². The summed E-state index contributed by atoms with van der Waals surface area (Å²) >= 11 is 0. The molecular weight excluding hydrogens is 473 g/mol. The van der Waals surface area contributed by atoms with E-state index in [-0.39, 0.29) is 49.3 Å². The Kier molecular flexibility index (Phi) is 6.80. The minimum atomic E-state index is -0.544. The van der Waals surface area contributed by atoms with E-state index in [0.29, 0.717) is 0 Å². The predicted octanol–water partition coefficient (Wildman–Crippen LogP) is 3.44. The third-order valence-corrected chi connectivity index (χ3v) is 6.89. The molecule has 0 bridgehead atoms. The summed E-state index contributed by atoms with van der Waals surface area (Å²) in [6.07, 6.45) is 0. The maximum atomic E-state index is 14.0. The summed E-state index contributed by atoms with van der Waals surface area (Å²) in [4.78, 5) is 28.7. The van der Waals surface area contributed by atoms with Crippen LogP contribution in [0.2, 0.25) is 0 Å². The number of methoxy groups -OCH3 is 1. The number of carbonyl (C=O) groups excluding carboxylic acids is 2. The molecule has 2 saturated heterocycles. The first-order chi connectivity index (χ1) is 18.0. The van der Waals surface area contributed by atoms with Gasteiger partial charge >= 0.3 is 6.03 Å². The van der Waals surface area contributed by atoms with Gasteiger partial charge in [0.15, 0.2) is 0 Å². The molecule has 3 amide bonds. The lowest BCUT2D eigenvalue weighted by molar-refractivity contribution is -0.159. The van der Waals surface area contributed by atoms with Crippen LogP contribution < -0.4 is 10.1 Å². The van der Waals surface area contributed by atoms with Gasteiger partial charge in [-0.25, -0.2) is 9.18 Å². The molecule has 0 spiro atoms. The van der Waals surface area contributed by atoms with Crippen molar-refractivity contribution in [2.45, 2.75) is 18.0 Å². The predicted molar refractivity (Wildman–Crippen MR) is 137 cm³/mol. The standard InChI is InChI=1S/C29H26FN3O4/c1-37-22-14-10-20(11-15-22)7-6-19-8-12-21(13-9-19)28-25-16-32(17-27(35)33(25)26(28)18-34)29(36)31-24-5-3-2-4-23(24)30/h2-5,8-15,25-26,28,34H,16-18H2,1H3,(H,31,36)/t25-,26+,28+/m1/s1. The number of hydrogen-bond donors (Lipinski definition) is 2. The van der Waals surface area contributed by atoms with E-state index in [4.69, 9.17) is 4.74 Å². The van der Waals surface area contributed by atoms with E-state index in [1.807, 2.05) is 48.5 Å². The number of benzene rings is 3. The molecule has 7 nitrogen and oxygen atoms in total. The SMILES string of the molecule is COc1ccc(C#Cc2ccc([C@H]3[C@H]4CN(C(=O)Nc5ccccc5F)CC(=O)N4[C@H]3CO)cc2)cc1. The van der Waals surface area contributed by atoms with Crippen LogP contribution in [0.1, 0.15) is 22.6 Å². The lowest BCUT2D eigenvalue weighted by Gasteiger charge is -2.58. The molecule has 188 valence electrons. The highest BCUT2D eigenvalue weighted by Gasteiger charge is 2.54. The van der Waals surface area contributed by atoms with Crippen molar-refractivity contribution < 1.29 is 23.8 Å². The first kappa shape index (κ1) is 24.3. The molecular formula is C29H26FN3O4. The van der Waals surface area contributed by atoms with Crippen LogP contribution in [0.4, 0.5) is 14.9 Å². The maximum Gasteiger partial charge on any atom is 0.322 e. The van der Waals surface area contributed by atoms with Crippen molar-refractivity contribution in [1.29, 1.82) is 0 Å². The second-order valence-corrected chi connectivity index (χ2v) is 9.04. The van der Waals surface area contributed by atoms with Gasteiger partial charge in [0.1, 0.15) is 18.1 Å². The number of urea groups is 1. The van der Waals surface area contributed by atoms with Gasteiger partial charge in [-0.15, -0.1) is 0 Å². The summed E-state index contributed by atoms with van der Waals surface area (Å²) in [5.74, 6) is 6.12. The van der Waals surface area contributed by atoms with E-state index in [2.05, 4.69) is 17.2 Å². The molecule has 37 heavy (non-hydrogen) atoms. The second-order valence-electron chi connectivity index (χ2n) is 9.04. The van der Waals surface area contributed by atoms with Gasteiger partial charge in [0, 0.05) is 23.6 Å². The molecule has 0 unspecified atom stereocenters. The number of ether oxygens (including phenoxy) is 1. The highest BCUT2D eigenvalue weighted by Crippen LogP contribution is 2.43. The van der Waals surface area contributed by atoms with Crippen LogP contribution in [0.15, 0.2) is 72.8 Å². The summed E-state index contributed by atoms with van der Waals surface area (Å²) in [7, 11) is 1.62. The highest BCUT2D eigenvalue weighted by molar-refractivity contribution is 5.94. The minimum absolute atomic E-state index is 0.0621. The fraction of sp³-hybridized carbons (Fsp3) is 0.241. The number of nitrogens with zero attached hydrogens (tertiary/aromatic N) is 2. The number of piperazine rings is 1. The highest BCUT2D eigenvalue weighted by atomic mass is 19.1. The maximum absolute atomic E-state index is 14.0. The van der Waals surface area contributed by atoms with Crippen LogP contribution in [0.3, 0.4) is 0 Å². The fourth-order valence-electron chi connectivity index (χ4n) is 5.02. The van der Waals surface area contributed by atoms with Crippen LogP contribution in [0.5, 0.6) is 5.75 Å². The number of aliphatic hydroxyl groups is 1. The van der Waals surface area contributed by atoms with E-state index in [9.17, 15) is 19.1 Å². The van der Waals surface area contributed by atoms with Gasteiger partial charge in [0.05, 0.1) is 31.5 Å². The van der Waals surface area contributed by atoms with Crippen LogP contribution >= 0.6 is 0 Å². The van der Waals surface area contributed by atoms with E-state index in [1.165, 1.54) is 23.1 Å². The van der Waals surface area contributed by atoms with Gasteiger partial charge in [-0.1, -0.05) is 36.1 Å². The Morgan fingerprint density at radius 1 is 1.05 bits per heavy atom. The Hall–Kier alpha value is -4.35. The molecule has 3 atom stereocenters. The van der Waals surface area contributed by atoms with Gasteiger partial charge in [-0.2, -0.15) is 0 Å². The molecule has 3 aromatic rings. The van der Waals surface area contributed by atoms with Gasteiger partial charge in [0.2, 0.25) is 5.91 Å². The lowest BCUT2D eigenvalue weighted by atomic mass is 9.73. The molecule has 2 fully saturated rings. The van der Waals surface area contributed by atoms with E-state index in [1.54, 1.807) is 18.1 Å². The Balaban J connectivity index is 1.30. The van der Waals surface area contributed by atoms with Crippen LogP contribution in [-0.2, 0) is 4.79 Å². The Morgan fingerprint density at radius 2 is 1.70 bits per heavy atom. The number of rotatable bonds is 4. The number of amides is 3. The summed E-state index contributed by atoms with van der Waals surface area (Å²) in [5.41, 5.74) is 2.72. The number of nitrogens with one attached hydrogen (secondary N) is 1. The van der Waals surface area contributed by atoms with Crippen molar-refractivity contribution in [2.24, 2.45) is 0 Å². The zero-order valence-corrected chi connectivity index (χ0v) is 20.2. The summed E-state index contributed by atoms with van der Waals surface area (Å²) in [6.45, 7) is -0.0144. The fourth-order valence-corrected chi connectivity index (χ4v) is 5.02. The molecule has 3 aromatic carbocycles. The van der Waals surface area contributed by atoms with Gasteiger partial charge in [-0.3, -0.25) is 4.79 Å². The first-order valence-electron chi connectivity index (χ1n) is 12.0. The Labute approximate surface area is 214 Å².